The van der Waals surface area contributed by atoms with E-state index in [2.05, 4.69) is 25.4 Å². The van der Waals surface area contributed by atoms with Crippen molar-refractivity contribution in [3.63, 3.8) is 0 Å². The molecule has 12 heavy (non-hydrogen) atoms. The van der Waals surface area contributed by atoms with E-state index in [1.165, 1.54) is 0 Å². The van der Waals surface area contributed by atoms with Crippen LogP contribution in [-0.4, -0.2) is 23.9 Å². The second-order valence-electron chi connectivity index (χ2n) is 1.68. The summed E-state index contributed by atoms with van der Waals surface area (Å²) >= 11 is 2.89. The van der Waals surface area contributed by atoms with Crippen molar-refractivity contribution in [1.29, 1.82) is 0 Å². The van der Waals surface area contributed by atoms with Gasteiger partial charge in [-0.2, -0.15) is 0 Å². The Hall–Kier alpha value is -0.840. The molecule has 0 heterocycles. The van der Waals surface area contributed by atoms with Crippen molar-refractivity contribution in [2.24, 2.45) is 0 Å². The van der Waals surface area contributed by atoms with Crippen molar-refractivity contribution in [3.05, 3.63) is 12.3 Å². The van der Waals surface area contributed by atoms with Gasteiger partial charge < -0.3 is 9.47 Å². The fraction of sp³-hybridized carbons (Fsp3) is 0.429. The van der Waals surface area contributed by atoms with Crippen molar-refractivity contribution < 1.29 is 19.1 Å². The molecule has 0 aliphatic carbocycles. The van der Waals surface area contributed by atoms with E-state index in [9.17, 15) is 9.59 Å². The van der Waals surface area contributed by atoms with Crippen LogP contribution in [0.5, 0.6) is 0 Å². The van der Waals surface area contributed by atoms with Crippen LogP contribution >= 0.6 is 15.9 Å². The Bertz CT molecular complexity index is 188. The van der Waals surface area contributed by atoms with E-state index in [0.29, 0.717) is 6.61 Å². The van der Waals surface area contributed by atoms with E-state index in [-0.39, 0.29) is 5.33 Å². The molecule has 0 N–H and O–H groups in total. The Kier molecular flexibility index (Phi) is 6.37. The molecule has 0 radical (unpaired) electrons. The third-order valence-electron chi connectivity index (χ3n) is 0.799. The number of rotatable bonds is 4. The number of esters is 2. The average Bonchev–Trinajstić information content (AvgIpc) is 2.04. The van der Waals surface area contributed by atoms with Gasteiger partial charge in [0.1, 0.15) is 11.6 Å². The molecule has 0 atom stereocenters. The van der Waals surface area contributed by atoms with Crippen LogP contribution in [0.2, 0.25) is 0 Å². The summed E-state index contributed by atoms with van der Waals surface area (Å²) in [6.07, 6.45) is 2.05. The number of carbonyl (C=O) groups is 2. The number of alkyl halides is 1. The Labute approximate surface area is 78.7 Å². The van der Waals surface area contributed by atoms with Gasteiger partial charge in [-0.1, -0.05) is 15.9 Å². The van der Waals surface area contributed by atoms with E-state index in [4.69, 9.17) is 0 Å². The highest BCUT2D eigenvalue weighted by molar-refractivity contribution is 9.09. The molecule has 0 unspecified atom stereocenters. The first-order valence-corrected chi connectivity index (χ1v) is 4.41. The van der Waals surface area contributed by atoms with Crippen LogP contribution in [0.4, 0.5) is 0 Å². The molecule has 0 spiro atoms. The van der Waals surface area contributed by atoms with Gasteiger partial charge in [0.25, 0.3) is 0 Å². The van der Waals surface area contributed by atoms with Crippen LogP contribution in [-0.2, 0) is 19.1 Å². The van der Waals surface area contributed by atoms with Gasteiger partial charge in [-0.3, -0.25) is 4.79 Å². The van der Waals surface area contributed by atoms with E-state index in [1.807, 2.05) is 0 Å². The maximum Gasteiger partial charge on any atom is 0.333 e. The molecule has 4 nitrogen and oxygen atoms in total. The second-order valence-corrected chi connectivity index (χ2v) is 2.24. The van der Waals surface area contributed by atoms with Gasteiger partial charge in [0.15, 0.2) is 0 Å². The average molecular weight is 237 g/mol. The lowest BCUT2D eigenvalue weighted by molar-refractivity contribution is -0.137. The topological polar surface area (TPSA) is 52.6 Å². The molecule has 0 bridgehead atoms. The lowest BCUT2D eigenvalue weighted by atomic mass is 10.6. The third kappa shape index (κ3) is 5.91. The summed E-state index contributed by atoms with van der Waals surface area (Å²) in [5.41, 5.74) is 0. The van der Waals surface area contributed by atoms with E-state index < -0.39 is 11.9 Å². The zero-order chi connectivity index (χ0) is 9.40. The first kappa shape index (κ1) is 11.2. The molecule has 0 aliphatic rings. The molecule has 0 aromatic rings. The largest absolute Gasteiger partial charge is 0.463 e. The second kappa shape index (κ2) is 6.84. The minimum Gasteiger partial charge on any atom is -0.463 e. The van der Waals surface area contributed by atoms with Gasteiger partial charge in [-0.15, -0.1) is 0 Å². The Balaban J connectivity index is 3.61. The van der Waals surface area contributed by atoms with Crippen molar-refractivity contribution >= 4 is 27.9 Å². The highest BCUT2D eigenvalue weighted by Crippen LogP contribution is 1.87. The first-order chi connectivity index (χ1) is 5.70. The minimum absolute atomic E-state index is 0.0974. The molecular formula is C7H9BrO4. The summed E-state index contributed by atoms with van der Waals surface area (Å²) in [4.78, 5) is 21.1. The normalized spacial score (nSPS) is 9.83. The van der Waals surface area contributed by atoms with Gasteiger partial charge in [-0.25, -0.2) is 4.79 Å². The van der Waals surface area contributed by atoms with Crippen LogP contribution in [0.1, 0.15) is 6.92 Å². The monoisotopic (exact) mass is 236 g/mol. The zero-order valence-corrected chi connectivity index (χ0v) is 8.17. The third-order valence-corrected chi connectivity index (χ3v) is 1.26. The standard InChI is InChI=1S/C7H9BrO4/c1-2-11-6(9)3-4-12-7(10)5-8/h3-4H,2,5H2,1H3. The molecule has 0 aromatic heterocycles. The Morgan fingerprint density at radius 2 is 2.17 bits per heavy atom. The Morgan fingerprint density at radius 1 is 1.50 bits per heavy atom. The molecule has 68 valence electrons. The zero-order valence-electron chi connectivity index (χ0n) is 6.58. The van der Waals surface area contributed by atoms with Crippen LogP contribution in [0.3, 0.4) is 0 Å². The van der Waals surface area contributed by atoms with Crippen molar-refractivity contribution in [2.75, 3.05) is 11.9 Å². The maximum absolute atomic E-state index is 10.6. The maximum atomic E-state index is 10.6. The SMILES string of the molecule is CCOC(=O)C=COC(=O)CBr. The molecule has 0 aliphatic heterocycles. The van der Waals surface area contributed by atoms with E-state index >= 15 is 0 Å². The Morgan fingerprint density at radius 3 is 2.67 bits per heavy atom. The first-order valence-electron chi connectivity index (χ1n) is 3.29. The molecule has 0 saturated carbocycles. The molecule has 5 heteroatoms. The number of hydrogen-bond donors (Lipinski definition) is 0. The fourth-order valence-electron chi connectivity index (χ4n) is 0.387. The molecule has 0 fully saturated rings. The van der Waals surface area contributed by atoms with Crippen LogP contribution in [0.25, 0.3) is 0 Å². The molecule has 0 saturated heterocycles. The van der Waals surface area contributed by atoms with Crippen LogP contribution in [0.15, 0.2) is 12.3 Å². The fourth-order valence-corrected chi connectivity index (χ4v) is 0.520. The highest BCUT2D eigenvalue weighted by Gasteiger charge is 1.96. The summed E-state index contributed by atoms with van der Waals surface area (Å²) in [5, 5.41) is 0.0974. The number of halogens is 1. The van der Waals surface area contributed by atoms with E-state index in [0.717, 1.165) is 12.3 Å². The minimum atomic E-state index is -0.528. The number of carbonyl (C=O) groups excluding carboxylic acids is 2. The van der Waals surface area contributed by atoms with Gasteiger partial charge in [0.05, 0.1) is 12.7 Å². The highest BCUT2D eigenvalue weighted by atomic mass is 79.9. The number of ether oxygens (including phenoxy) is 2. The smallest absolute Gasteiger partial charge is 0.333 e. The van der Waals surface area contributed by atoms with Gasteiger partial charge in [0.2, 0.25) is 0 Å². The molecule has 0 amide bonds. The summed E-state index contributed by atoms with van der Waals surface area (Å²) in [5.74, 6) is -0.990. The summed E-state index contributed by atoms with van der Waals surface area (Å²) in [7, 11) is 0. The predicted octanol–water partition coefficient (Wildman–Crippen LogP) is 1.00. The summed E-state index contributed by atoms with van der Waals surface area (Å²) in [6.45, 7) is 1.99. The molecule has 0 aromatic carbocycles. The van der Waals surface area contributed by atoms with Crippen molar-refractivity contribution in [3.8, 4) is 0 Å². The van der Waals surface area contributed by atoms with Gasteiger partial charge >= 0.3 is 11.9 Å². The molecular weight excluding hydrogens is 228 g/mol. The van der Waals surface area contributed by atoms with Crippen LogP contribution in [0, 0.1) is 0 Å². The van der Waals surface area contributed by atoms with Gasteiger partial charge in [0, 0.05) is 0 Å². The summed E-state index contributed by atoms with van der Waals surface area (Å²) in [6, 6.07) is 0. The number of hydrogen-bond acceptors (Lipinski definition) is 4. The molecule has 0 rings (SSSR count). The lowest BCUT2D eigenvalue weighted by Crippen LogP contribution is -2.02. The van der Waals surface area contributed by atoms with Crippen molar-refractivity contribution in [2.45, 2.75) is 6.92 Å². The van der Waals surface area contributed by atoms with Gasteiger partial charge in [-0.05, 0) is 6.92 Å². The van der Waals surface area contributed by atoms with Crippen molar-refractivity contribution in [1.82, 2.24) is 0 Å². The lowest BCUT2D eigenvalue weighted by Gasteiger charge is -1.94. The quantitative estimate of drug-likeness (QED) is 0.317. The van der Waals surface area contributed by atoms with Crippen LogP contribution < -0.4 is 0 Å². The van der Waals surface area contributed by atoms with E-state index in [1.54, 1.807) is 6.92 Å². The predicted molar refractivity (Wildman–Crippen MR) is 45.7 cm³/mol. The summed E-state index contributed by atoms with van der Waals surface area (Å²) < 4.78 is 8.97.